The van der Waals surface area contributed by atoms with Crippen LogP contribution in [0.25, 0.3) is 11.0 Å². The van der Waals surface area contributed by atoms with Gasteiger partial charge in [0.2, 0.25) is 11.8 Å². The summed E-state index contributed by atoms with van der Waals surface area (Å²) in [4.78, 5) is 49.6. The van der Waals surface area contributed by atoms with Gasteiger partial charge in [0, 0.05) is 18.8 Å². The van der Waals surface area contributed by atoms with Crippen molar-refractivity contribution in [3.63, 3.8) is 0 Å². The number of likely N-dealkylation sites (tertiary alicyclic amines) is 1. The van der Waals surface area contributed by atoms with Gasteiger partial charge >= 0.3 is 0 Å². The fourth-order valence-corrected chi connectivity index (χ4v) is 8.30. The number of aromatic nitrogens is 3. The lowest BCUT2D eigenvalue weighted by atomic mass is 9.74. The average molecular weight is 675 g/mol. The predicted molar refractivity (Wildman–Crippen MR) is 184 cm³/mol. The lowest BCUT2D eigenvalue weighted by molar-refractivity contribution is -0.155. The van der Waals surface area contributed by atoms with Crippen LogP contribution in [0.5, 0.6) is 5.75 Å². The van der Waals surface area contributed by atoms with Gasteiger partial charge in [-0.3, -0.25) is 14.4 Å². The maximum atomic E-state index is 15.1. The van der Waals surface area contributed by atoms with E-state index >= 15 is 9.59 Å². The van der Waals surface area contributed by atoms with Crippen molar-refractivity contribution in [3.05, 3.63) is 109 Å². The molecule has 1 N–H and O–H groups in total. The summed E-state index contributed by atoms with van der Waals surface area (Å²) in [6.07, 6.45) is 7.38. The highest BCUT2D eigenvalue weighted by Crippen LogP contribution is 2.59. The fourth-order valence-electron chi connectivity index (χ4n) is 8.30. The van der Waals surface area contributed by atoms with E-state index in [1.54, 1.807) is 20.6 Å². The number of fused-ring (bicyclic) bond motifs is 3. The van der Waals surface area contributed by atoms with Crippen LogP contribution in [0.3, 0.4) is 0 Å². The van der Waals surface area contributed by atoms with Crippen molar-refractivity contribution in [2.45, 2.75) is 43.8 Å². The Labute approximate surface area is 289 Å². The summed E-state index contributed by atoms with van der Waals surface area (Å²) in [5, 5.41) is 19.5. The van der Waals surface area contributed by atoms with Gasteiger partial charge in [0.1, 0.15) is 29.6 Å². The van der Waals surface area contributed by atoms with Crippen LogP contribution in [0.2, 0.25) is 0 Å². The van der Waals surface area contributed by atoms with Gasteiger partial charge in [-0.1, -0.05) is 72.0 Å². The van der Waals surface area contributed by atoms with E-state index in [4.69, 9.17) is 9.47 Å². The molecule has 50 heavy (non-hydrogen) atoms. The summed E-state index contributed by atoms with van der Waals surface area (Å²) in [5.74, 6) is -2.41. The van der Waals surface area contributed by atoms with Gasteiger partial charge in [-0.15, -0.1) is 5.10 Å². The van der Waals surface area contributed by atoms with Crippen LogP contribution in [0, 0.1) is 11.8 Å². The molecule has 1 aromatic heterocycles. The van der Waals surface area contributed by atoms with Crippen LogP contribution in [0.4, 0.5) is 5.69 Å². The first-order valence-electron chi connectivity index (χ1n) is 16.9. The van der Waals surface area contributed by atoms with E-state index in [0.717, 1.165) is 5.52 Å². The van der Waals surface area contributed by atoms with Crippen molar-refractivity contribution in [1.29, 1.82) is 0 Å². The normalized spacial score (nSPS) is 28.0. The van der Waals surface area contributed by atoms with E-state index in [9.17, 15) is 9.90 Å². The van der Waals surface area contributed by atoms with E-state index in [2.05, 4.69) is 10.3 Å². The van der Waals surface area contributed by atoms with Crippen LogP contribution < -0.4 is 9.64 Å². The number of ether oxygens (including phenoxy) is 2. The molecule has 3 amide bonds. The Kier molecular flexibility index (Phi) is 7.80. The molecule has 1 spiro atoms. The summed E-state index contributed by atoms with van der Waals surface area (Å²) >= 11 is 0. The topological polar surface area (TPSA) is 130 Å². The molecular weight excluding hydrogens is 636 g/mol. The van der Waals surface area contributed by atoms with Crippen molar-refractivity contribution >= 4 is 34.4 Å². The zero-order valence-corrected chi connectivity index (χ0v) is 27.8. The number of rotatable bonds is 8. The second-order valence-corrected chi connectivity index (χ2v) is 13.3. The van der Waals surface area contributed by atoms with E-state index in [-0.39, 0.29) is 31.6 Å². The molecule has 4 aliphatic rings. The van der Waals surface area contributed by atoms with E-state index in [1.807, 2.05) is 111 Å². The zero-order valence-electron chi connectivity index (χ0n) is 27.8. The zero-order chi connectivity index (χ0) is 34.6. The summed E-state index contributed by atoms with van der Waals surface area (Å²) in [5.41, 5.74) is 0.0677. The van der Waals surface area contributed by atoms with Gasteiger partial charge in [-0.25, -0.2) is 4.68 Å². The molecule has 12 nitrogen and oxygen atoms in total. The number of carbonyl (C=O) groups excluding carboxylic acids is 3. The third-order valence-electron chi connectivity index (χ3n) is 10.5. The Balaban J connectivity index is 1.23. The lowest BCUT2D eigenvalue weighted by Crippen LogP contribution is -2.57. The number of aliphatic hydroxyl groups excluding tert-OH is 1. The number of para-hydroxylation sites is 1. The minimum absolute atomic E-state index is 0.0726. The molecule has 6 atom stereocenters. The molecule has 8 rings (SSSR count). The van der Waals surface area contributed by atoms with Crippen molar-refractivity contribution in [3.8, 4) is 5.75 Å². The minimum atomic E-state index is -1.50. The van der Waals surface area contributed by atoms with E-state index in [1.165, 1.54) is 4.90 Å². The van der Waals surface area contributed by atoms with Gasteiger partial charge in [0.25, 0.3) is 5.91 Å². The smallest absolute Gasteiger partial charge is 0.250 e. The molecule has 3 aromatic carbocycles. The van der Waals surface area contributed by atoms with Gasteiger partial charge in [0.05, 0.1) is 42.2 Å². The van der Waals surface area contributed by atoms with Crippen LogP contribution in [0.15, 0.2) is 103 Å². The number of amides is 3. The second kappa shape index (κ2) is 12.2. The first kappa shape index (κ1) is 31.9. The molecule has 12 heteroatoms. The van der Waals surface area contributed by atoms with Crippen molar-refractivity contribution < 1.29 is 29.0 Å². The third-order valence-corrected chi connectivity index (χ3v) is 10.5. The Hall–Kier alpha value is -5.33. The fraction of sp³-hybridized carbons (Fsp3) is 0.342. The van der Waals surface area contributed by atoms with Crippen LogP contribution in [-0.4, -0.2) is 91.2 Å². The molecule has 1 unspecified atom stereocenters. The predicted octanol–water partition coefficient (Wildman–Crippen LogP) is 3.49. The molecule has 4 aromatic rings. The largest absolute Gasteiger partial charge is 0.494 e. The monoisotopic (exact) mass is 674 g/mol. The molecule has 0 aliphatic carbocycles. The SMILES string of the molecule is CCOc1ccc(N2CC=C[C@@]3(C)O[C@]45C=CCN(Cn6nnc7ccccc76)C(=O)C4N([C@H](CO)c4ccccc4)C(=O)[C@@H]5[C@H]3C2=O)cc1. The Bertz CT molecular complexity index is 2010. The average Bonchev–Trinajstić information content (AvgIpc) is 3.66. The highest BCUT2D eigenvalue weighted by Gasteiger charge is 2.75. The number of hydrogen-bond donors (Lipinski definition) is 1. The molecule has 2 saturated heterocycles. The maximum absolute atomic E-state index is 15.1. The van der Waals surface area contributed by atoms with Gasteiger partial charge in [-0.05, 0) is 55.8 Å². The first-order valence-corrected chi connectivity index (χ1v) is 16.9. The summed E-state index contributed by atoms with van der Waals surface area (Å²) in [7, 11) is 0. The van der Waals surface area contributed by atoms with E-state index < -0.39 is 47.6 Å². The summed E-state index contributed by atoms with van der Waals surface area (Å²) in [6.45, 7) is 4.37. The summed E-state index contributed by atoms with van der Waals surface area (Å²) < 4.78 is 14.3. The standard InChI is InChI=1S/C38H38N6O6/c1-3-49-27-17-15-26(16-18-27)42-22-9-19-37(2)31(34(42)46)32-35(47)44(30(23-45)25-11-5-4-6-12-25)33-36(48)41(21-10-20-38(32,33)50-37)24-43-29-14-8-7-13-28(29)39-40-43/h4-20,30-33,45H,3,21-24H2,1-2H3/t30-,31+,32+,33?,37-,38+/m1/s1. The molecule has 256 valence electrons. The maximum Gasteiger partial charge on any atom is 0.250 e. The van der Waals surface area contributed by atoms with Crippen molar-refractivity contribution in [1.82, 2.24) is 24.8 Å². The Morgan fingerprint density at radius 2 is 1.64 bits per heavy atom. The molecule has 0 bridgehead atoms. The summed E-state index contributed by atoms with van der Waals surface area (Å²) in [6, 6.07) is 21.9. The highest BCUT2D eigenvalue weighted by atomic mass is 16.5. The number of benzene rings is 3. The number of anilines is 1. The van der Waals surface area contributed by atoms with Crippen molar-refractivity contribution in [2.24, 2.45) is 11.8 Å². The highest BCUT2D eigenvalue weighted by molar-refractivity contribution is 6.04. The Morgan fingerprint density at radius 3 is 2.40 bits per heavy atom. The molecule has 0 saturated carbocycles. The molecular formula is C38H38N6O6. The Morgan fingerprint density at radius 1 is 0.900 bits per heavy atom. The van der Waals surface area contributed by atoms with Crippen LogP contribution >= 0.6 is 0 Å². The molecule has 0 radical (unpaired) electrons. The molecule has 2 fully saturated rings. The van der Waals surface area contributed by atoms with Crippen LogP contribution in [0.1, 0.15) is 25.5 Å². The van der Waals surface area contributed by atoms with Crippen molar-refractivity contribution in [2.75, 3.05) is 31.2 Å². The number of carbonyl (C=O) groups is 3. The first-order chi connectivity index (χ1) is 24.3. The minimum Gasteiger partial charge on any atom is -0.494 e. The second-order valence-electron chi connectivity index (χ2n) is 13.3. The van der Waals surface area contributed by atoms with Gasteiger partial charge < -0.3 is 29.3 Å². The third kappa shape index (κ3) is 4.84. The van der Waals surface area contributed by atoms with E-state index in [0.29, 0.717) is 29.1 Å². The lowest BCUT2D eigenvalue weighted by Gasteiger charge is -2.40. The van der Waals surface area contributed by atoms with Crippen LogP contribution in [-0.2, 0) is 25.8 Å². The quantitative estimate of drug-likeness (QED) is 0.281. The van der Waals surface area contributed by atoms with Gasteiger partial charge in [-0.2, -0.15) is 0 Å². The van der Waals surface area contributed by atoms with Gasteiger partial charge in [0.15, 0.2) is 0 Å². The molecule has 5 heterocycles. The number of hydrogen-bond acceptors (Lipinski definition) is 8. The number of nitrogens with zero attached hydrogens (tertiary/aromatic N) is 6. The number of aliphatic hydroxyl groups is 1. The molecule has 4 aliphatic heterocycles.